The summed E-state index contributed by atoms with van der Waals surface area (Å²) in [6.45, 7) is 4.49. The molecule has 2 rings (SSSR count). The molecule has 1 aromatic heterocycles. The Balaban J connectivity index is 1.48. The van der Waals surface area contributed by atoms with Gasteiger partial charge in [-0.1, -0.05) is 0 Å². The maximum atomic E-state index is 11.6. The van der Waals surface area contributed by atoms with Gasteiger partial charge in [-0.15, -0.1) is 11.3 Å². The average Bonchev–Trinajstić information content (AvgIpc) is 3.01. The molecule has 2 heterocycles. The summed E-state index contributed by atoms with van der Waals surface area (Å²) in [7, 11) is 0. The number of carbonyl (C=O) groups is 1. The Morgan fingerprint density at radius 1 is 1.39 bits per heavy atom. The lowest BCUT2D eigenvalue weighted by molar-refractivity contribution is -0.120. The molecule has 100 valence electrons. The highest BCUT2D eigenvalue weighted by Gasteiger charge is 2.10. The van der Waals surface area contributed by atoms with Crippen molar-refractivity contribution in [1.29, 1.82) is 0 Å². The van der Waals surface area contributed by atoms with Crippen molar-refractivity contribution in [2.24, 2.45) is 0 Å². The van der Waals surface area contributed by atoms with Crippen LogP contribution in [0.15, 0.2) is 10.9 Å². The highest BCUT2D eigenvalue weighted by atomic mass is 32.1. The van der Waals surface area contributed by atoms with Crippen LogP contribution in [0.2, 0.25) is 0 Å². The number of carbonyl (C=O) groups excluding carboxylic acids is 1. The van der Waals surface area contributed by atoms with Gasteiger partial charge in [-0.3, -0.25) is 4.79 Å². The standard InChI is InChI=1S/C13H21N3OS/c17-13(9-12-10-18-11-15-12)14-5-1-2-6-16-7-3-4-8-16/h10-11H,1-9H2,(H,14,17). The van der Waals surface area contributed by atoms with Gasteiger partial charge in [-0.05, 0) is 45.3 Å². The Morgan fingerprint density at radius 3 is 2.94 bits per heavy atom. The monoisotopic (exact) mass is 267 g/mol. The van der Waals surface area contributed by atoms with E-state index in [4.69, 9.17) is 0 Å². The van der Waals surface area contributed by atoms with Gasteiger partial charge >= 0.3 is 0 Å². The molecule has 1 N–H and O–H groups in total. The highest BCUT2D eigenvalue weighted by molar-refractivity contribution is 7.07. The summed E-state index contributed by atoms with van der Waals surface area (Å²) in [6.07, 6.45) is 5.36. The lowest BCUT2D eigenvalue weighted by Crippen LogP contribution is -2.27. The largest absolute Gasteiger partial charge is 0.356 e. The molecule has 4 nitrogen and oxygen atoms in total. The third-order valence-corrected chi connectivity index (χ3v) is 3.88. The normalized spacial score (nSPS) is 16.0. The van der Waals surface area contributed by atoms with Gasteiger partial charge in [0.05, 0.1) is 17.6 Å². The Bertz CT molecular complexity index is 347. The first-order chi connectivity index (χ1) is 8.84. The van der Waals surface area contributed by atoms with Gasteiger partial charge in [-0.2, -0.15) is 0 Å². The molecule has 0 atom stereocenters. The summed E-state index contributed by atoms with van der Waals surface area (Å²) in [6, 6.07) is 0. The predicted octanol–water partition coefficient (Wildman–Crippen LogP) is 1.68. The third kappa shape index (κ3) is 4.74. The Kier molecular flexibility index (Phi) is 5.61. The fraction of sp³-hybridized carbons (Fsp3) is 0.692. The molecule has 1 fully saturated rings. The Hall–Kier alpha value is -0.940. The van der Waals surface area contributed by atoms with Crippen molar-refractivity contribution in [1.82, 2.24) is 15.2 Å². The van der Waals surface area contributed by atoms with Crippen molar-refractivity contribution in [3.8, 4) is 0 Å². The second kappa shape index (κ2) is 7.48. The number of hydrogen-bond donors (Lipinski definition) is 1. The first kappa shape index (κ1) is 13.5. The molecule has 0 radical (unpaired) electrons. The van der Waals surface area contributed by atoms with Crippen LogP contribution in [0.5, 0.6) is 0 Å². The summed E-state index contributed by atoms with van der Waals surface area (Å²) in [4.78, 5) is 18.2. The molecule has 1 aromatic rings. The van der Waals surface area contributed by atoms with Crippen molar-refractivity contribution in [2.75, 3.05) is 26.2 Å². The van der Waals surface area contributed by atoms with Crippen molar-refractivity contribution < 1.29 is 4.79 Å². The van der Waals surface area contributed by atoms with E-state index < -0.39 is 0 Å². The minimum absolute atomic E-state index is 0.0853. The maximum absolute atomic E-state index is 11.6. The molecule has 5 heteroatoms. The van der Waals surface area contributed by atoms with Gasteiger partial charge in [0.1, 0.15) is 0 Å². The summed E-state index contributed by atoms with van der Waals surface area (Å²) in [5.74, 6) is 0.0853. The first-order valence-corrected chi connectivity index (χ1v) is 7.65. The average molecular weight is 267 g/mol. The summed E-state index contributed by atoms with van der Waals surface area (Å²) in [5.41, 5.74) is 2.63. The molecular weight excluding hydrogens is 246 g/mol. The van der Waals surface area contributed by atoms with E-state index in [1.54, 1.807) is 5.51 Å². The molecule has 1 saturated heterocycles. The number of thiazole rings is 1. The number of amides is 1. The van der Waals surface area contributed by atoms with Crippen LogP contribution in [0.25, 0.3) is 0 Å². The van der Waals surface area contributed by atoms with E-state index in [0.29, 0.717) is 6.42 Å². The number of hydrogen-bond acceptors (Lipinski definition) is 4. The summed E-state index contributed by atoms with van der Waals surface area (Å²) in [5, 5.41) is 4.88. The molecule has 0 spiro atoms. The summed E-state index contributed by atoms with van der Waals surface area (Å²) >= 11 is 1.53. The molecule has 0 aliphatic carbocycles. The molecule has 0 saturated carbocycles. The maximum Gasteiger partial charge on any atom is 0.226 e. The lowest BCUT2D eigenvalue weighted by atomic mass is 10.2. The molecule has 1 aliphatic heterocycles. The zero-order valence-electron chi connectivity index (χ0n) is 10.7. The van der Waals surface area contributed by atoms with E-state index in [0.717, 1.165) is 18.7 Å². The van der Waals surface area contributed by atoms with Crippen molar-refractivity contribution in [2.45, 2.75) is 32.1 Å². The van der Waals surface area contributed by atoms with Crippen LogP contribution in [0, 0.1) is 0 Å². The van der Waals surface area contributed by atoms with Crippen LogP contribution in [0.3, 0.4) is 0 Å². The number of unbranched alkanes of at least 4 members (excludes halogenated alkanes) is 1. The van der Waals surface area contributed by atoms with Gasteiger partial charge in [0.2, 0.25) is 5.91 Å². The van der Waals surface area contributed by atoms with E-state index >= 15 is 0 Å². The fourth-order valence-electron chi connectivity index (χ4n) is 2.25. The number of nitrogens with zero attached hydrogens (tertiary/aromatic N) is 2. The second-order valence-electron chi connectivity index (χ2n) is 4.76. The van der Waals surface area contributed by atoms with Crippen LogP contribution in [-0.2, 0) is 11.2 Å². The molecule has 18 heavy (non-hydrogen) atoms. The second-order valence-corrected chi connectivity index (χ2v) is 5.48. The van der Waals surface area contributed by atoms with Crippen LogP contribution in [0.4, 0.5) is 0 Å². The number of nitrogens with one attached hydrogen (secondary N) is 1. The zero-order chi connectivity index (χ0) is 12.6. The van der Waals surface area contributed by atoms with E-state index in [-0.39, 0.29) is 5.91 Å². The van der Waals surface area contributed by atoms with Crippen LogP contribution < -0.4 is 5.32 Å². The molecular formula is C13H21N3OS. The molecule has 0 unspecified atom stereocenters. The highest BCUT2D eigenvalue weighted by Crippen LogP contribution is 2.08. The number of aromatic nitrogens is 1. The van der Waals surface area contributed by atoms with E-state index in [9.17, 15) is 4.79 Å². The van der Waals surface area contributed by atoms with E-state index in [1.165, 1.54) is 50.2 Å². The third-order valence-electron chi connectivity index (χ3n) is 3.25. The van der Waals surface area contributed by atoms with E-state index in [2.05, 4.69) is 15.2 Å². The van der Waals surface area contributed by atoms with Crippen LogP contribution >= 0.6 is 11.3 Å². The van der Waals surface area contributed by atoms with Gasteiger partial charge in [0.25, 0.3) is 0 Å². The molecule has 0 bridgehead atoms. The van der Waals surface area contributed by atoms with Gasteiger partial charge in [-0.25, -0.2) is 4.98 Å². The predicted molar refractivity (Wildman–Crippen MR) is 73.7 cm³/mol. The lowest BCUT2D eigenvalue weighted by Gasteiger charge is -2.13. The quantitative estimate of drug-likeness (QED) is 0.765. The van der Waals surface area contributed by atoms with Crippen LogP contribution in [0.1, 0.15) is 31.4 Å². The molecule has 1 amide bonds. The zero-order valence-corrected chi connectivity index (χ0v) is 11.5. The minimum Gasteiger partial charge on any atom is -0.356 e. The van der Waals surface area contributed by atoms with Crippen molar-refractivity contribution in [3.63, 3.8) is 0 Å². The number of likely N-dealkylation sites (tertiary alicyclic amines) is 1. The Morgan fingerprint density at radius 2 is 2.22 bits per heavy atom. The van der Waals surface area contributed by atoms with Gasteiger partial charge in [0, 0.05) is 11.9 Å². The van der Waals surface area contributed by atoms with Crippen molar-refractivity contribution >= 4 is 17.2 Å². The van der Waals surface area contributed by atoms with E-state index in [1.807, 2.05) is 5.38 Å². The topological polar surface area (TPSA) is 45.2 Å². The van der Waals surface area contributed by atoms with Crippen molar-refractivity contribution in [3.05, 3.63) is 16.6 Å². The van der Waals surface area contributed by atoms with Gasteiger partial charge < -0.3 is 10.2 Å². The minimum atomic E-state index is 0.0853. The SMILES string of the molecule is O=C(Cc1cscn1)NCCCCN1CCCC1. The fourth-order valence-corrected chi connectivity index (χ4v) is 2.80. The molecule has 1 aliphatic rings. The van der Waals surface area contributed by atoms with Crippen LogP contribution in [-0.4, -0.2) is 42.0 Å². The smallest absolute Gasteiger partial charge is 0.226 e. The number of rotatable bonds is 7. The first-order valence-electron chi connectivity index (χ1n) is 6.71. The van der Waals surface area contributed by atoms with Gasteiger partial charge in [0.15, 0.2) is 0 Å². The Labute approximate surface area is 112 Å². The molecule has 0 aromatic carbocycles. The summed E-state index contributed by atoms with van der Waals surface area (Å²) < 4.78 is 0.